The highest BCUT2D eigenvalue weighted by Gasteiger charge is 2.27. The molecule has 0 unspecified atom stereocenters. The molecule has 1 aliphatic heterocycles. The van der Waals surface area contributed by atoms with Crippen LogP contribution in [0, 0.1) is 0 Å². The highest BCUT2D eigenvalue weighted by Crippen LogP contribution is 2.41. The summed E-state index contributed by atoms with van der Waals surface area (Å²) < 4.78 is 5.29. The molecular formula is C27H26N4O2S. The van der Waals surface area contributed by atoms with Gasteiger partial charge in [0.25, 0.3) is 0 Å². The van der Waals surface area contributed by atoms with E-state index >= 15 is 0 Å². The van der Waals surface area contributed by atoms with E-state index in [1.807, 2.05) is 46.6 Å². The number of nitrogens with zero attached hydrogens (tertiary/aromatic N) is 4. The molecule has 0 saturated carbocycles. The zero-order valence-electron chi connectivity index (χ0n) is 18.9. The Bertz CT molecular complexity index is 1340. The molecule has 1 aliphatic carbocycles. The number of aromatic nitrogens is 2. The first kappa shape index (κ1) is 21.1. The maximum atomic E-state index is 12.7. The molecule has 6 rings (SSSR count). The van der Waals surface area contributed by atoms with E-state index in [-0.39, 0.29) is 5.91 Å². The number of hydrogen-bond acceptors (Lipinski definition) is 6. The van der Waals surface area contributed by atoms with Crippen molar-refractivity contribution in [2.45, 2.75) is 25.7 Å². The number of furan rings is 1. The van der Waals surface area contributed by atoms with Crippen molar-refractivity contribution in [2.24, 2.45) is 0 Å². The van der Waals surface area contributed by atoms with Crippen LogP contribution >= 0.6 is 11.3 Å². The lowest BCUT2D eigenvalue weighted by molar-refractivity contribution is -0.126. The zero-order chi connectivity index (χ0) is 22.9. The summed E-state index contributed by atoms with van der Waals surface area (Å²) in [7, 11) is 0. The van der Waals surface area contributed by atoms with Gasteiger partial charge in [0, 0.05) is 42.7 Å². The smallest absolute Gasteiger partial charge is 0.246 e. The molecule has 7 heteroatoms. The van der Waals surface area contributed by atoms with Crippen LogP contribution in [0.2, 0.25) is 0 Å². The van der Waals surface area contributed by atoms with Gasteiger partial charge in [0.05, 0.1) is 11.6 Å². The highest BCUT2D eigenvalue weighted by atomic mass is 32.1. The molecular weight excluding hydrogens is 444 g/mol. The van der Waals surface area contributed by atoms with Gasteiger partial charge < -0.3 is 14.2 Å². The summed E-state index contributed by atoms with van der Waals surface area (Å²) >= 11 is 1.84. The summed E-state index contributed by atoms with van der Waals surface area (Å²) in [5, 5.41) is 1.23. The first-order valence-electron chi connectivity index (χ1n) is 11.9. The maximum Gasteiger partial charge on any atom is 0.246 e. The van der Waals surface area contributed by atoms with Gasteiger partial charge >= 0.3 is 0 Å². The number of thiophene rings is 1. The quantitative estimate of drug-likeness (QED) is 0.384. The van der Waals surface area contributed by atoms with E-state index in [1.54, 1.807) is 18.4 Å². The Morgan fingerprint density at radius 3 is 2.59 bits per heavy atom. The minimum atomic E-state index is 0.0155. The number of anilines is 1. The third-order valence-corrected chi connectivity index (χ3v) is 7.84. The van der Waals surface area contributed by atoms with Gasteiger partial charge in [-0.2, -0.15) is 0 Å². The fourth-order valence-corrected chi connectivity index (χ4v) is 6.12. The summed E-state index contributed by atoms with van der Waals surface area (Å²) in [5.41, 5.74) is 2.48. The first-order valence-corrected chi connectivity index (χ1v) is 12.7. The monoisotopic (exact) mass is 470 g/mol. The van der Waals surface area contributed by atoms with Crippen molar-refractivity contribution >= 4 is 39.4 Å². The molecule has 0 N–H and O–H groups in total. The van der Waals surface area contributed by atoms with Crippen molar-refractivity contribution in [3.05, 3.63) is 71.0 Å². The average molecular weight is 471 g/mol. The van der Waals surface area contributed by atoms with Crippen molar-refractivity contribution < 1.29 is 9.21 Å². The molecule has 1 aromatic carbocycles. The van der Waals surface area contributed by atoms with E-state index in [4.69, 9.17) is 14.4 Å². The molecule has 3 aromatic heterocycles. The number of carbonyl (C=O) groups excluding carboxylic acids is 1. The van der Waals surface area contributed by atoms with Crippen molar-refractivity contribution in [1.82, 2.24) is 14.9 Å². The normalized spacial score (nSPS) is 16.4. The Kier molecular flexibility index (Phi) is 5.63. The molecule has 4 aromatic rings. The Morgan fingerprint density at radius 1 is 0.971 bits per heavy atom. The van der Waals surface area contributed by atoms with E-state index < -0.39 is 0 Å². The van der Waals surface area contributed by atoms with Crippen LogP contribution in [0.3, 0.4) is 0 Å². The lowest BCUT2D eigenvalue weighted by Gasteiger charge is -2.35. The van der Waals surface area contributed by atoms with Crippen molar-refractivity contribution in [3.8, 4) is 11.4 Å². The number of amides is 1. The van der Waals surface area contributed by atoms with Gasteiger partial charge in [-0.15, -0.1) is 11.3 Å². The third-order valence-electron chi connectivity index (χ3n) is 6.65. The van der Waals surface area contributed by atoms with Crippen LogP contribution in [0.5, 0.6) is 0 Å². The van der Waals surface area contributed by atoms with Crippen LogP contribution in [0.1, 0.15) is 29.0 Å². The van der Waals surface area contributed by atoms with Gasteiger partial charge in [-0.25, -0.2) is 9.97 Å². The molecule has 6 nitrogen and oxygen atoms in total. The van der Waals surface area contributed by atoms with Gasteiger partial charge in [0.1, 0.15) is 16.4 Å². The minimum Gasteiger partial charge on any atom is -0.465 e. The molecule has 0 bridgehead atoms. The van der Waals surface area contributed by atoms with Gasteiger partial charge in [-0.05, 0) is 49.5 Å². The minimum absolute atomic E-state index is 0.0155. The molecule has 172 valence electrons. The van der Waals surface area contributed by atoms with Crippen LogP contribution in [0.15, 0.2) is 59.2 Å². The second kappa shape index (κ2) is 9.06. The molecule has 1 saturated heterocycles. The number of aryl methyl sites for hydroxylation is 2. The standard InChI is InChI=1S/C27H26N4O2S/c32-23(13-12-20-9-6-18-33-20)30-14-16-31(17-15-30)26-24-21-10-4-5-11-22(21)34-27(24)29-25(28-26)19-7-2-1-3-8-19/h1-3,6-9,12-13,18H,4-5,10-11,14-17H2/b13-12+. The number of piperazine rings is 1. The van der Waals surface area contributed by atoms with Crippen LogP contribution in [-0.4, -0.2) is 47.0 Å². The highest BCUT2D eigenvalue weighted by molar-refractivity contribution is 7.19. The number of rotatable bonds is 4. The lowest BCUT2D eigenvalue weighted by Crippen LogP contribution is -2.48. The van der Waals surface area contributed by atoms with E-state index in [9.17, 15) is 4.79 Å². The van der Waals surface area contributed by atoms with Gasteiger partial charge in [0.2, 0.25) is 5.91 Å². The van der Waals surface area contributed by atoms with Crippen LogP contribution in [0.25, 0.3) is 27.7 Å². The van der Waals surface area contributed by atoms with Gasteiger partial charge in [-0.3, -0.25) is 4.79 Å². The maximum absolute atomic E-state index is 12.7. The molecule has 0 radical (unpaired) electrons. The Hall–Kier alpha value is -3.45. The SMILES string of the molecule is O=C(/C=C/c1ccco1)N1CCN(c2nc(-c3ccccc3)nc3sc4c(c23)CCCC4)CC1. The predicted molar refractivity (Wildman–Crippen MR) is 136 cm³/mol. The second-order valence-electron chi connectivity index (χ2n) is 8.79. The van der Waals surface area contributed by atoms with Crippen molar-refractivity contribution in [1.29, 1.82) is 0 Å². The van der Waals surface area contributed by atoms with Gasteiger partial charge in [-0.1, -0.05) is 30.3 Å². The number of hydrogen-bond donors (Lipinski definition) is 0. The Morgan fingerprint density at radius 2 is 1.79 bits per heavy atom. The number of fused-ring (bicyclic) bond motifs is 3. The average Bonchev–Trinajstić information content (AvgIpc) is 3.55. The first-order chi connectivity index (χ1) is 16.8. The molecule has 4 heterocycles. The molecule has 1 fully saturated rings. The predicted octanol–water partition coefficient (Wildman–Crippen LogP) is 5.19. The van der Waals surface area contributed by atoms with E-state index in [1.165, 1.54) is 28.7 Å². The van der Waals surface area contributed by atoms with Crippen LogP contribution in [0.4, 0.5) is 5.82 Å². The van der Waals surface area contributed by atoms with E-state index in [0.717, 1.165) is 48.0 Å². The fourth-order valence-electron chi connectivity index (χ4n) is 4.87. The van der Waals surface area contributed by atoms with Crippen molar-refractivity contribution in [2.75, 3.05) is 31.1 Å². The second-order valence-corrected chi connectivity index (χ2v) is 9.87. The number of benzene rings is 1. The van der Waals surface area contributed by atoms with Gasteiger partial charge in [0.15, 0.2) is 5.82 Å². The van der Waals surface area contributed by atoms with Crippen LogP contribution < -0.4 is 4.90 Å². The van der Waals surface area contributed by atoms with Crippen LogP contribution in [-0.2, 0) is 17.6 Å². The summed E-state index contributed by atoms with van der Waals surface area (Å²) in [6.07, 6.45) is 9.65. The lowest BCUT2D eigenvalue weighted by atomic mass is 9.96. The Balaban J connectivity index is 1.30. The van der Waals surface area contributed by atoms with Crippen molar-refractivity contribution in [3.63, 3.8) is 0 Å². The molecule has 34 heavy (non-hydrogen) atoms. The van der Waals surface area contributed by atoms with E-state index in [2.05, 4.69) is 17.0 Å². The summed E-state index contributed by atoms with van der Waals surface area (Å²) in [5.74, 6) is 2.51. The molecule has 0 spiro atoms. The summed E-state index contributed by atoms with van der Waals surface area (Å²) in [6, 6.07) is 13.9. The molecule has 1 amide bonds. The van der Waals surface area contributed by atoms with E-state index in [0.29, 0.717) is 18.8 Å². The molecule has 0 atom stereocenters. The summed E-state index contributed by atoms with van der Waals surface area (Å²) in [4.78, 5) is 29.6. The Labute approximate surface area is 202 Å². The zero-order valence-corrected chi connectivity index (χ0v) is 19.8. The fraction of sp³-hybridized carbons (Fsp3) is 0.296. The molecule has 2 aliphatic rings. The largest absolute Gasteiger partial charge is 0.465 e. The topological polar surface area (TPSA) is 62.5 Å². The summed E-state index contributed by atoms with van der Waals surface area (Å²) in [6.45, 7) is 2.84. The number of carbonyl (C=O) groups is 1. The third kappa shape index (κ3) is 4.01.